The maximum atomic E-state index is 3.21. The molecule has 3 heteroatoms. The van der Waals surface area contributed by atoms with Gasteiger partial charge in [-0.25, -0.2) is 0 Å². The fourth-order valence-corrected chi connectivity index (χ4v) is 2.85. The Balaban J connectivity index is 2.49. The van der Waals surface area contributed by atoms with E-state index in [-0.39, 0.29) is 0 Å². The fraction of sp³-hybridized carbons (Fsp3) is 0.467. The minimum Gasteiger partial charge on any atom is -0.344 e. The van der Waals surface area contributed by atoms with E-state index in [1.165, 1.54) is 33.5 Å². The number of aryl methyl sites for hydroxylation is 2. The van der Waals surface area contributed by atoms with Gasteiger partial charge in [-0.15, -0.1) is 0 Å². The van der Waals surface area contributed by atoms with Gasteiger partial charge in [0.1, 0.15) is 0 Å². The van der Waals surface area contributed by atoms with Gasteiger partial charge in [-0.2, -0.15) is 11.8 Å². The summed E-state index contributed by atoms with van der Waals surface area (Å²) >= 11 is 1.90. The maximum absolute atomic E-state index is 3.21. The Morgan fingerprint density at radius 1 is 1.28 bits per heavy atom. The lowest BCUT2D eigenvalue weighted by atomic mass is 10.1. The van der Waals surface area contributed by atoms with Crippen LogP contribution < -0.4 is 5.32 Å². The third-order valence-corrected chi connectivity index (χ3v) is 4.19. The van der Waals surface area contributed by atoms with E-state index >= 15 is 0 Å². The van der Waals surface area contributed by atoms with Crippen LogP contribution in [0.2, 0.25) is 0 Å². The van der Waals surface area contributed by atoms with Gasteiger partial charge in [-0.05, 0) is 50.4 Å². The van der Waals surface area contributed by atoms with Crippen LogP contribution in [0.4, 0.5) is 0 Å². The first-order valence-electron chi connectivity index (χ1n) is 6.41. The second kappa shape index (κ2) is 5.81. The first-order chi connectivity index (χ1) is 8.69. The molecular formula is C15H22N2S. The zero-order valence-corrected chi connectivity index (χ0v) is 12.5. The number of hydrogen-bond donors (Lipinski definition) is 1. The Labute approximate surface area is 114 Å². The first-order valence-corrected chi connectivity index (χ1v) is 7.80. The van der Waals surface area contributed by atoms with Crippen LogP contribution in [0.25, 0.3) is 10.9 Å². The number of rotatable bonds is 5. The number of hydrogen-bond acceptors (Lipinski definition) is 2. The average Bonchev–Trinajstić information content (AvgIpc) is 2.61. The Morgan fingerprint density at radius 2 is 2.06 bits per heavy atom. The van der Waals surface area contributed by atoms with Crippen molar-refractivity contribution in [2.24, 2.45) is 0 Å². The number of fused-ring (bicyclic) bond motifs is 1. The lowest BCUT2D eigenvalue weighted by Gasteiger charge is -2.07. The van der Waals surface area contributed by atoms with Crippen LogP contribution in [0, 0.1) is 13.8 Å². The predicted octanol–water partition coefficient (Wildman–Crippen LogP) is 3.34. The van der Waals surface area contributed by atoms with Gasteiger partial charge < -0.3 is 9.88 Å². The van der Waals surface area contributed by atoms with Crippen molar-refractivity contribution in [1.82, 2.24) is 9.88 Å². The molecule has 2 nitrogen and oxygen atoms in total. The van der Waals surface area contributed by atoms with Crippen molar-refractivity contribution in [2.75, 3.05) is 19.1 Å². The first kappa shape index (κ1) is 13.5. The number of benzene rings is 1. The number of nitrogens with one attached hydrogen (secondary N) is 1. The summed E-state index contributed by atoms with van der Waals surface area (Å²) in [6.45, 7) is 6.50. The van der Waals surface area contributed by atoms with Crippen LogP contribution in [0.5, 0.6) is 0 Å². The van der Waals surface area contributed by atoms with Gasteiger partial charge in [-0.1, -0.05) is 6.07 Å². The Kier molecular flexibility index (Phi) is 4.36. The third-order valence-electron chi connectivity index (χ3n) is 3.60. The van der Waals surface area contributed by atoms with E-state index in [1.807, 2.05) is 18.8 Å². The van der Waals surface area contributed by atoms with Crippen molar-refractivity contribution in [3.63, 3.8) is 0 Å². The SMILES string of the molecule is CNCc1ccc2c(c1)c(C)c(C)n2CCSC. The molecule has 0 amide bonds. The summed E-state index contributed by atoms with van der Waals surface area (Å²) in [7, 11) is 1.99. The normalized spacial score (nSPS) is 11.3. The summed E-state index contributed by atoms with van der Waals surface area (Å²) < 4.78 is 2.45. The molecule has 0 unspecified atom stereocenters. The highest BCUT2D eigenvalue weighted by Crippen LogP contribution is 2.26. The highest BCUT2D eigenvalue weighted by atomic mass is 32.2. The molecule has 98 valence electrons. The Bertz CT molecular complexity index is 543. The van der Waals surface area contributed by atoms with Crippen LogP contribution in [-0.2, 0) is 13.1 Å². The summed E-state index contributed by atoms with van der Waals surface area (Å²) in [6, 6.07) is 6.82. The van der Waals surface area contributed by atoms with Gasteiger partial charge >= 0.3 is 0 Å². The summed E-state index contributed by atoms with van der Waals surface area (Å²) in [5.74, 6) is 1.17. The standard InChI is InChI=1S/C15H22N2S/c1-11-12(2)17(7-8-18-4)15-6-5-13(10-16-3)9-14(11)15/h5-6,9,16H,7-8,10H2,1-4H3. The van der Waals surface area contributed by atoms with Gasteiger partial charge in [0.25, 0.3) is 0 Å². The molecule has 0 fully saturated rings. The lowest BCUT2D eigenvalue weighted by Crippen LogP contribution is -2.05. The van der Waals surface area contributed by atoms with E-state index in [0.717, 1.165) is 13.1 Å². The predicted molar refractivity (Wildman–Crippen MR) is 82.6 cm³/mol. The van der Waals surface area contributed by atoms with Crippen molar-refractivity contribution in [3.8, 4) is 0 Å². The van der Waals surface area contributed by atoms with Crippen molar-refractivity contribution >= 4 is 22.7 Å². The zero-order chi connectivity index (χ0) is 13.1. The highest BCUT2D eigenvalue weighted by molar-refractivity contribution is 7.98. The smallest absolute Gasteiger partial charge is 0.0485 e. The topological polar surface area (TPSA) is 17.0 Å². The molecule has 1 aromatic heterocycles. The molecule has 0 bridgehead atoms. The molecule has 2 rings (SSSR count). The van der Waals surface area contributed by atoms with Gasteiger partial charge in [0.05, 0.1) is 0 Å². The van der Waals surface area contributed by atoms with Gasteiger partial charge in [0, 0.05) is 35.4 Å². The highest BCUT2D eigenvalue weighted by Gasteiger charge is 2.10. The lowest BCUT2D eigenvalue weighted by molar-refractivity contribution is 0.775. The third kappa shape index (κ3) is 2.43. The van der Waals surface area contributed by atoms with E-state index in [1.54, 1.807) is 0 Å². The number of aromatic nitrogens is 1. The van der Waals surface area contributed by atoms with Gasteiger partial charge in [0.2, 0.25) is 0 Å². The molecule has 0 aliphatic rings. The molecule has 0 aliphatic carbocycles. The molecule has 0 aliphatic heterocycles. The second-order valence-corrected chi connectivity index (χ2v) is 5.72. The molecule has 0 saturated carbocycles. The van der Waals surface area contributed by atoms with Gasteiger partial charge in [0.15, 0.2) is 0 Å². The molecule has 0 spiro atoms. The van der Waals surface area contributed by atoms with Crippen LogP contribution in [0.3, 0.4) is 0 Å². The molecule has 18 heavy (non-hydrogen) atoms. The van der Waals surface area contributed by atoms with Crippen LogP contribution in [0.15, 0.2) is 18.2 Å². The summed E-state index contributed by atoms with van der Waals surface area (Å²) in [6.07, 6.45) is 2.17. The Hall–Kier alpha value is -0.930. The average molecular weight is 262 g/mol. The molecule has 1 N–H and O–H groups in total. The minimum atomic E-state index is 0.935. The van der Waals surface area contributed by atoms with Crippen LogP contribution in [0.1, 0.15) is 16.8 Å². The molecule has 0 atom stereocenters. The quantitative estimate of drug-likeness (QED) is 0.890. The molecule has 0 radical (unpaired) electrons. The van der Waals surface area contributed by atoms with Crippen molar-refractivity contribution in [2.45, 2.75) is 26.9 Å². The largest absolute Gasteiger partial charge is 0.344 e. The van der Waals surface area contributed by atoms with Gasteiger partial charge in [-0.3, -0.25) is 0 Å². The molecule has 1 heterocycles. The van der Waals surface area contributed by atoms with E-state index in [4.69, 9.17) is 0 Å². The van der Waals surface area contributed by atoms with Crippen LogP contribution >= 0.6 is 11.8 Å². The van der Waals surface area contributed by atoms with Crippen molar-refractivity contribution < 1.29 is 0 Å². The molecule has 1 aromatic carbocycles. The van der Waals surface area contributed by atoms with E-state index in [9.17, 15) is 0 Å². The zero-order valence-electron chi connectivity index (χ0n) is 11.7. The number of thioether (sulfide) groups is 1. The van der Waals surface area contributed by atoms with E-state index in [0.29, 0.717) is 0 Å². The molecule has 0 saturated heterocycles. The van der Waals surface area contributed by atoms with Crippen molar-refractivity contribution in [1.29, 1.82) is 0 Å². The van der Waals surface area contributed by atoms with E-state index < -0.39 is 0 Å². The minimum absolute atomic E-state index is 0.935. The second-order valence-electron chi connectivity index (χ2n) is 4.74. The summed E-state index contributed by atoms with van der Waals surface area (Å²) in [5, 5.41) is 4.62. The Morgan fingerprint density at radius 3 is 2.72 bits per heavy atom. The van der Waals surface area contributed by atoms with E-state index in [2.05, 4.69) is 48.2 Å². The summed E-state index contributed by atoms with van der Waals surface area (Å²) in [5.41, 5.74) is 5.55. The monoisotopic (exact) mass is 262 g/mol. The summed E-state index contributed by atoms with van der Waals surface area (Å²) in [4.78, 5) is 0. The van der Waals surface area contributed by atoms with Crippen molar-refractivity contribution in [3.05, 3.63) is 35.0 Å². The van der Waals surface area contributed by atoms with Crippen LogP contribution in [-0.4, -0.2) is 23.6 Å². The number of nitrogens with zero attached hydrogens (tertiary/aromatic N) is 1. The fourth-order valence-electron chi connectivity index (χ4n) is 2.48. The maximum Gasteiger partial charge on any atom is 0.0485 e. The molecular weight excluding hydrogens is 240 g/mol. The molecule has 2 aromatic rings.